The van der Waals surface area contributed by atoms with Crippen LogP contribution in [0.25, 0.3) is 0 Å². The molecule has 0 aromatic rings. The molecule has 0 heterocycles. The van der Waals surface area contributed by atoms with Crippen LogP contribution in [0.4, 0.5) is 0 Å². The summed E-state index contributed by atoms with van der Waals surface area (Å²) in [6, 6.07) is 0. The van der Waals surface area contributed by atoms with E-state index >= 15 is 0 Å². The molecule has 0 aliphatic rings. The third-order valence-corrected chi connectivity index (χ3v) is 19.7. The van der Waals surface area contributed by atoms with E-state index in [1.54, 1.807) is 0 Å². The van der Waals surface area contributed by atoms with Gasteiger partial charge in [-0.3, -0.25) is 32.5 Å². The highest BCUT2D eigenvalue weighted by Gasteiger charge is 2.29. The number of unbranched alkanes of at least 4 members (excludes halogenated alkanes) is 26. The fourth-order valence-electron chi connectivity index (χ4n) is 11.3. The molecule has 113 heavy (non-hydrogen) atoms. The second-order valence-corrected chi connectivity index (χ2v) is 31.5. The minimum absolute atomic E-state index is 0.0695. The van der Waals surface area contributed by atoms with Crippen LogP contribution < -0.4 is 0 Å². The number of esters is 3. The van der Waals surface area contributed by atoms with Crippen molar-refractivity contribution in [3.8, 4) is 0 Å². The summed E-state index contributed by atoms with van der Waals surface area (Å²) in [6.07, 6.45) is 113. The lowest BCUT2D eigenvalue weighted by molar-refractivity contribution is -0.161. The molecule has 0 saturated heterocycles. The van der Waals surface area contributed by atoms with Gasteiger partial charge >= 0.3 is 33.6 Å². The molecule has 16 nitrogen and oxygen atoms in total. The number of rotatable bonds is 81. The summed E-state index contributed by atoms with van der Waals surface area (Å²) >= 11 is 0. The maximum Gasteiger partial charge on any atom is 0.472 e. The molecule has 0 aliphatic carbocycles. The van der Waals surface area contributed by atoms with E-state index in [4.69, 9.17) is 32.3 Å². The van der Waals surface area contributed by atoms with Crippen molar-refractivity contribution >= 4 is 33.6 Å². The van der Waals surface area contributed by atoms with Crippen LogP contribution in [0.5, 0.6) is 0 Å². The van der Waals surface area contributed by atoms with Gasteiger partial charge in [0.1, 0.15) is 25.4 Å². The smallest absolute Gasteiger partial charge is 0.463 e. The average Bonchev–Trinajstić information content (AvgIpc) is 0.901. The van der Waals surface area contributed by atoms with Crippen molar-refractivity contribution in [2.24, 2.45) is 0 Å². The topological polar surface area (TPSA) is 231 Å². The van der Waals surface area contributed by atoms with Gasteiger partial charge in [-0.05, 0) is 161 Å². The Morgan fingerprint density at radius 2 is 0.442 bits per heavy atom. The van der Waals surface area contributed by atoms with Gasteiger partial charge in [0.05, 0.1) is 26.4 Å². The first-order chi connectivity index (χ1) is 55.2. The lowest BCUT2D eigenvalue weighted by Gasteiger charge is -2.21. The molecule has 642 valence electrons. The Morgan fingerprint density at radius 3 is 0.699 bits per heavy atom. The minimum Gasteiger partial charge on any atom is -0.463 e. The van der Waals surface area contributed by atoms with E-state index in [0.29, 0.717) is 19.3 Å². The monoisotopic (exact) mass is 1620 g/mol. The van der Waals surface area contributed by atoms with Gasteiger partial charge in [-0.25, -0.2) is 9.13 Å². The molecule has 0 amide bonds. The minimum atomic E-state index is -4.95. The van der Waals surface area contributed by atoms with Crippen molar-refractivity contribution in [1.82, 2.24) is 0 Å². The van der Waals surface area contributed by atoms with E-state index in [0.717, 1.165) is 186 Å². The molecular weight excluding hydrogens is 1460 g/mol. The van der Waals surface area contributed by atoms with Crippen LogP contribution in [0.3, 0.4) is 0 Å². The normalized spacial score (nSPS) is 14.8. The zero-order valence-electron chi connectivity index (χ0n) is 70.5. The first kappa shape index (κ1) is 107. The van der Waals surface area contributed by atoms with Crippen molar-refractivity contribution < 1.29 is 75.8 Å². The molecule has 0 spiro atoms. The third-order valence-electron chi connectivity index (χ3n) is 17.8. The number of phosphoric ester groups is 2. The fourth-order valence-corrected chi connectivity index (χ4v) is 12.9. The van der Waals surface area contributed by atoms with Gasteiger partial charge in [0.15, 0.2) is 6.10 Å². The molecule has 0 aliphatic heterocycles. The molecule has 0 aromatic heterocycles. The molecule has 0 fully saturated rings. The number of hydrogen-bond donors (Lipinski definition) is 4. The van der Waals surface area contributed by atoms with Crippen LogP contribution in [-0.4, -0.2) is 95.9 Å². The van der Waals surface area contributed by atoms with E-state index in [9.17, 15) is 43.5 Å². The van der Waals surface area contributed by atoms with Gasteiger partial charge in [0, 0.05) is 19.3 Å². The second-order valence-electron chi connectivity index (χ2n) is 28.5. The summed E-state index contributed by atoms with van der Waals surface area (Å²) in [5, 5.41) is 20.7. The molecule has 0 saturated carbocycles. The van der Waals surface area contributed by atoms with E-state index in [2.05, 4.69) is 215 Å². The summed E-state index contributed by atoms with van der Waals surface area (Å²) in [4.78, 5) is 58.9. The van der Waals surface area contributed by atoms with Gasteiger partial charge in [-0.15, -0.1) is 0 Å². The standard InChI is InChI=1S/C95H156O16P2/c1-4-7-10-13-16-19-22-25-28-31-33-35-37-39-41-43-44-46-48-49-51-53-55-58-60-63-66-69-72-75-78-81-93(98)105-84-90(96)85-107-112(101,102)108-86-91(97)87-109-113(103,104)110-89-92(111-95(100)83-80-77-74-71-68-65-62-57-30-27-24-21-18-15-12-9-6-3)88-106-94(99)82-79-76-73-70-67-64-61-59-56-54-52-50-47-45-42-40-38-36-34-32-29-26-23-20-17-14-11-8-5-2/h7-12,16-21,25-30,33-36,39-42,44,46-47,50,62,65,90-92,96-97H,4-6,13-15,22-24,31-32,37-38,43,45,48-49,51-61,63-64,66-89H2,1-3H3,(H,101,102)(H,103,104)/b10-7-,11-8-,12-9-,19-16-,20-17-,21-18-,28-25-,29-26-,30-27-,35-33-,36-34-,41-39-,42-40-,46-44-,50-47-,65-62-. The highest BCUT2D eigenvalue weighted by atomic mass is 31.2. The van der Waals surface area contributed by atoms with Crippen molar-refractivity contribution in [3.05, 3.63) is 194 Å². The molecule has 5 atom stereocenters. The van der Waals surface area contributed by atoms with Gasteiger partial charge < -0.3 is 34.2 Å². The largest absolute Gasteiger partial charge is 0.472 e. The average molecular weight is 1620 g/mol. The second kappa shape index (κ2) is 85.8. The van der Waals surface area contributed by atoms with Crippen molar-refractivity contribution in [1.29, 1.82) is 0 Å². The van der Waals surface area contributed by atoms with E-state index in [1.165, 1.54) is 83.5 Å². The van der Waals surface area contributed by atoms with E-state index in [-0.39, 0.29) is 19.3 Å². The number of allylic oxidation sites excluding steroid dienone is 32. The number of aliphatic hydroxyl groups excluding tert-OH is 2. The molecule has 0 radical (unpaired) electrons. The fraction of sp³-hybridized carbons (Fsp3) is 0.632. The molecule has 4 N–H and O–H groups in total. The highest BCUT2D eigenvalue weighted by molar-refractivity contribution is 7.47. The van der Waals surface area contributed by atoms with E-state index in [1.807, 2.05) is 0 Å². The van der Waals surface area contributed by atoms with Crippen LogP contribution in [0.15, 0.2) is 194 Å². The zero-order chi connectivity index (χ0) is 82.2. The number of ether oxygens (including phenoxy) is 3. The van der Waals surface area contributed by atoms with Gasteiger partial charge in [0.25, 0.3) is 0 Å². The summed E-state index contributed by atoms with van der Waals surface area (Å²) in [6.45, 7) is 2.31. The number of phosphoric acid groups is 2. The molecular formula is C95H156O16P2. The first-order valence-corrected chi connectivity index (χ1v) is 46.7. The Balaban J connectivity index is 4.58. The molecule has 0 aromatic carbocycles. The zero-order valence-corrected chi connectivity index (χ0v) is 72.3. The molecule has 5 unspecified atom stereocenters. The van der Waals surface area contributed by atoms with Crippen LogP contribution in [-0.2, 0) is 55.8 Å². The lowest BCUT2D eigenvalue weighted by atomic mass is 10.0. The Hall–Kier alpha value is -5.61. The maximum atomic E-state index is 13.0. The SMILES string of the molecule is CC/C=C\C/C=C\C/C=C\C/C=C\C/C=C\C/C=C\CCCCCCCCCCCCCCC(=O)OCC(O)COP(=O)(O)OCC(O)COP(=O)(O)OCC(COC(=O)CCCCCCCCCCCC/C=C\C/C=C\C/C=C\C/C=C\C/C=C\C/C=C\CC)OC(=O)CCCCCC/C=C\C/C=C\C/C=C\C/C=C\CC. The predicted octanol–water partition coefficient (Wildman–Crippen LogP) is 26.7. The lowest BCUT2D eigenvalue weighted by Crippen LogP contribution is -2.30. The highest BCUT2D eigenvalue weighted by Crippen LogP contribution is 2.45. The van der Waals surface area contributed by atoms with Gasteiger partial charge in [-0.1, -0.05) is 344 Å². The predicted molar refractivity (Wildman–Crippen MR) is 472 cm³/mol. The maximum absolute atomic E-state index is 13.0. The summed E-state index contributed by atoms with van der Waals surface area (Å²) < 4.78 is 61.3. The van der Waals surface area contributed by atoms with Gasteiger partial charge in [0.2, 0.25) is 0 Å². The van der Waals surface area contributed by atoms with Crippen LogP contribution in [0, 0.1) is 0 Å². The summed E-state index contributed by atoms with van der Waals surface area (Å²) in [7, 11) is -9.82. The third kappa shape index (κ3) is 87.1. The number of carbonyl (C=O) groups excluding carboxylic acids is 3. The van der Waals surface area contributed by atoms with Crippen molar-refractivity contribution in [2.75, 3.05) is 39.6 Å². The number of aliphatic hydroxyl groups is 2. The first-order valence-electron chi connectivity index (χ1n) is 43.7. The number of carbonyl (C=O) groups is 3. The van der Waals surface area contributed by atoms with Crippen molar-refractivity contribution in [3.63, 3.8) is 0 Å². The van der Waals surface area contributed by atoms with Crippen LogP contribution in [0.2, 0.25) is 0 Å². The Labute approximate surface area is 687 Å². The quantitative estimate of drug-likeness (QED) is 0.0146. The van der Waals surface area contributed by atoms with Crippen molar-refractivity contribution in [2.45, 2.75) is 347 Å². The van der Waals surface area contributed by atoms with Crippen LogP contribution >= 0.6 is 15.6 Å². The summed E-state index contributed by atoms with van der Waals surface area (Å²) in [5.41, 5.74) is 0. The Kier molecular flexibility index (Phi) is 81.5. The van der Waals surface area contributed by atoms with Gasteiger partial charge in [-0.2, -0.15) is 0 Å². The molecule has 18 heteroatoms. The van der Waals surface area contributed by atoms with E-state index < -0.39 is 91.5 Å². The Bertz CT molecular complexity index is 2830. The van der Waals surface area contributed by atoms with Crippen LogP contribution in [0.1, 0.15) is 329 Å². The summed E-state index contributed by atoms with van der Waals surface area (Å²) in [5.74, 6) is -1.61. The molecule has 0 bridgehead atoms. The number of hydrogen-bond acceptors (Lipinski definition) is 14. The Morgan fingerprint density at radius 1 is 0.248 bits per heavy atom. The molecule has 0 rings (SSSR count).